The largest absolute Gasteiger partial charge is 0.491 e. The number of pyridine rings is 2. The third-order valence-corrected chi connectivity index (χ3v) is 5.99. The van der Waals surface area contributed by atoms with Crippen molar-refractivity contribution >= 4 is 17.2 Å². The van der Waals surface area contributed by atoms with Crippen molar-refractivity contribution in [2.45, 2.75) is 40.2 Å². The summed E-state index contributed by atoms with van der Waals surface area (Å²) in [5.41, 5.74) is 4.90. The zero-order valence-corrected chi connectivity index (χ0v) is 19.4. The van der Waals surface area contributed by atoms with Crippen LogP contribution in [0.1, 0.15) is 30.6 Å². The smallest absolute Gasteiger partial charge is 0.154 e. The fourth-order valence-corrected chi connectivity index (χ4v) is 4.21. The number of fused-ring (bicyclic) bond motifs is 1. The van der Waals surface area contributed by atoms with Gasteiger partial charge >= 0.3 is 0 Å². The maximum absolute atomic E-state index is 6.23. The molecule has 0 amide bonds. The molecule has 1 aliphatic heterocycles. The molecule has 5 heterocycles. The summed E-state index contributed by atoms with van der Waals surface area (Å²) in [6.45, 7) is 9.36. The number of hydrogen-bond acceptors (Lipinski definition) is 7. The van der Waals surface area contributed by atoms with Crippen molar-refractivity contribution in [2.75, 3.05) is 18.5 Å². The van der Waals surface area contributed by atoms with Crippen LogP contribution in [0, 0.1) is 26.7 Å². The summed E-state index contributed by atoms with van der Waals surface area (Å²) in [6, 6.07) is 10.1. The highest BCUT2D eigenvalue weighted by Gasteiger charge is 2.25. The molecule has 0 aliphatic carbocycles. The van der Waals surface area contributed by atoms with Crippen molar-refractivity contribution in [3.05, 3.63) is 59.9 Å². The van der Waals surface area contributed by atoms with Gasteiger partial charge in [0.1, 0.15) is 17.4 Å². The highest BCUT2D eigenvalue weighted by atomic mass is 16.5. The van der Waals surface area contributed by atoms with E-state index in [2.05, 4.69) is 44.4 Å². The second kappa shape index (κ2) is 8.78. The zero-order valence-electron chi connectivity index (χ0n) is 19.4. The van der Waals surface area contributed by atoms with Gasteiger partial charge in [-0.15, -0.1) is 0 Å². The van der Waals surface area contributed by atoms with Crippen molar-refractivity contribution < 1.29 is 9.47 Å². The molecule has 0 radical (unpaired) electrons. The third-order valence-electron chi connectivity index (χ3n) is 5.99. The van der Waals surface area contributed by atoms with Crippen LogP contribution in [0.5, 0.6) is 5.75 Å². The molecule has 0 saturated carbocycles. The van der Waals surface area contributed by atoms with Crippen LogP contribution < -0.4 is 10.1 Å². The van der Waals surface area contributed by atoms with E-state index in [1.54, 1.807) is 0 Å². The molecule has 1 N–H and O–H groups in total. The minimum absolute atomic E-state index is 0.225. The molecule has 1 aliphatic rings. The lowest BCUT2D eigenvalue weighted by Crippen LogP contribution is -2.19. The van der Waals surface area contributed by atoms with Crippen LogP contribution in [-0.2, 0) is 4.74 Å². The summed E-state index contributed by atoms with van der Waals surface area (Å²) in [7, 11) is 0. The summed E-state index contributed by atoms with van der Waals surface area (Å²) >= 11 is 0. The van der Waals surface area contributed by atoms with E-state index in [4.69, 9.17) is 9.47 Å². The normalized spacial score (nSPS) is 18.1. The van der Waals surface area contributed by atoms with E-state index >= 15 is 0 Å². The number of nitrogens with one attached hydrogen (secondary N) is 1. The van der Waals surface area contributed by atoms with Gasteiger partial charge in [0.25, 0.3) is 0 Å². The molecule has 0 bridgehead atoms. The van der Waals surface area contributed by atoms with E-state index in [0.29, 0.717) is 12.5 Å². The van der Waals surface area contributed by atoms with Gasteiger partial charge in [0, 0.05) is 47.8 Å². The van der Waals surface area contributed by atoms with Gasteiger partial charge in [0.2, 0.25) is 0 Å². The predicted octanol–water partition coefficient (Wildman–Crippen LogP) is 4.66. The first-order valence-electron chi connectivity index (χ1n) is 11.2. The van der Waals surface area contributed by atoms with Gasteiger partial charge in [0.15, 0.2) is 5.82 Å². The minimum atomic E-state index is 0.225. The van der Waals surface area contributed by atoms with Crippen LogP contribution >= 0.6 is 0 Å². The SMILES string of the molecule is Cc1cc(-c2ccn3nc(Nc4cc(C)nc(C)n4)cc3c2)c(OC[C@@H]2CCO[C@@H]2C)cn1. The van der Waals surface area contributed by atoms with Crippen LogP contribution in [0.3, 0.4) is 0 Å². The number of nitrogens with zero attached hydrogens (tertiary/aromatic N) is 5. The number of aryl methyl sites for hydroxylation is 3. The Morgan fingerprint density at radius 2 is 1.97 bits per heavy atom. The molecular weight excluding hydrogens is 416 g/mol. The molecule has 0 aromatic carbocycles. The van der Waals surface area contributed by atoms with Gasteiger partial charge in [0.05, 0.1) is 24.4 Å². The first-order valence-corrected chi connectivity index (χ1v) is 11.2. The van der Waals surface area contributed by atoms with Crippen LogP contribution in [0.2, 0.25) is 0 Å². The Hall–Kier alpha value is -3.52. The third kappa shape index (κ3) is 4.66. The fraction of sp³-hybridized carbons (Fsp3) is 0.360. The molecule has 1 fully saturated rings. The topological polar surface area (TPSA) is 86.5 Å². The number of anilines is 2. The van der Waals surface area contributed by atoms with Gasteiger partial charge in [-0.25, -0.2) is 14.5 Å². The molecular formula is C25H28N6O2. The number of hydrogen-bond donors (Lipinski definition) is 1. The monoisotopic (exact) mass is 444 g/mol. The van der Waals surface area contributed by atoms with Gasteiger partial charge in [-0.05, 0) is 57.9 Å². The van der Waals surface area contributed by atoms with Gasteiger partial charge in [-0.1, -0.05) is 0 Å². The average Bonchev–Trinajstić information content (AvgIpc) is 3.36. The van der Waals surface area contributed by atoms with Gasteiger partial charge in [-0.3, -0.25) is 4.98 Å². The van der Waals surface area contributed by atoms with Crippen LogP contribution in [0.25, 0.3) is 16.6 Å². The predicted molar refractivity (Wildman–Crippen MR) is 127 cm³/mol. The Morgan fingerprint density at radius 1 is 1.09 bits per heavy atom. The molecule has 5 rings (SSSR count). The first kappa shape index (κ1) is 21.3. The van der Waals surface area contributed by atoms with Crippen molar-refractivity contribution in [1.82, 2.24) is 24.6 Å². The second-order valence-corrected chi connectivity index (χ2v) is 8.64. The van der Waals surface area contributed by atoms with Crippen LogP contribution in [0.15, 0.2) is 42.7 Å². The summed E-state index contributed by atoms with van der Waals surface area (Å²) in [6.07, 6.45) is 5.03. The van der Waals surface area contributed by atoms with E-state index in [1.165, 1.54) is 0 Å². The van der Waals surface area contributed by atoms with Crippen LogP contribution in [0.4, 0.5) is 11.6 Å². The van der Waals surface area contributed by atoms with Crippen LogP contribution in [-0.4, -0.2) is 43.9 Å². The van der Waals surface area contributed by atoms with E-state index in [0.717, 1.165) is 64.3 Å². The Labute approximate surface area is 193 Å². The molecule has 1 saturated heterocycles. The summed E-state index contributed by atoms with van der Waals surface area (Å²) < 4.78 is 13.7. The number of ether oxygens (including phenoxy) is 2. The summed E-state index contributed by atoms with van der Waals surface area (Å²) in [4.78, 5) is 13.2. The fourth-order valence-electron chi connectivity index (χ4n) is 4.21. The first-order chi connectivity index (χ1) is 15.9. The quantitative estimate of drug-likeness (QED) is 0.463. The number of rotatable bonds is 6. The average molecular weight is 445 g/mol. The van der Waals surface area contributed by atoms with Gasteiger partial charge in [-0.2, -0.15) is 5.10 Å². The molecule has 170 valence electrons. The standard InChI is InChI=1S/C25H28N6O2/c1-15-9-22(23(13-26-15)33-14-20-6-8-32-17(20)3)19-5-7-31-21(11-19)12-25(30-31)29-24-10-16(2)27-18(4)28-24/h5,7,9-13,17,20H,6,8,14H2,1-4H3,(H,27,28,29,30)/t17-,20+/m1/s1. The summed E-state index contributed by atoms with van der Waals surface area (Å²) in [5.74, 6) is 3.37. The molecule has 0 spiro atoms. The molecule has 8 nitrogen and oxygen atoms in total. The van der Waals surface area contributed by atoms with Crippen molar-refractivity contribution in [3.8, 4) is 16.9 Å². The van der Waals surface area contributed by atoms with E-state index in [1.807, 2.05) is 55.9 Å². The molecule has 8 heteroatoms. The second-order valence-electron chi connectivity index (χ2n) is 8.64. The lowest BCUT2D eigenvalue weighted by molar-refractivity contribution is 0.0905. The maximum Gasteiger partial charge on any atom is 0.154 e. The highest BCUT2D eigenvalue weighted by Crippen LogP contribution is 2.32. The van der Waals surface area contributed by atoms with Crippen molar-refractivity contribution in [2.24, 2.45) is 5.92 Å². The lowest BCUT2D eigenvalue weighted by atomic mass is 10.0. The number of aromatic nitrogens is 5. The Kier molecular flexibility index (Phi) is 5.68. The van der Waals surface area contributed by atoms with E-state index < -0.39 is 0 Å². The van der Waals surface area contributed by atoms with Gasteiger partial charge < -0.3 is 14.8 Å². The molecule has 4 aromatic heterocycles. The lowest BCUT2D eigenvalue weighted by Gasteiger charge is -2.17. The van der Waals surface area contributed by atoms with E-state index in [9.17, 15) is 0 Å². The highest BCUT2D eigenvalue weighted by molar-refractivity contribution is 5.75. The molecule has 33 heavy (non-hydrogen) atoms. The van der Waals surface area contributed by atoms with E-state index in [-0.39, 0.29) is 6.10 Å². The molecule has 4 aromatic rings. The van der Waals surface area contributed by atoms with Crippen molar-refractivity contribution in [1.29, 1.82) is 0 Å². The molecule has 0 unspecified atom stereocenters. The Morgan fingerprint density at radius 3 is 2.76 bits per heavy atom. The molecule has 2 atom stereocenters. The zero-order chi connectivity index (χ0) is 22.9. The Balaban J connectivity index is 1.42. The Bertz CT molecular complexity index is 1280. The summed E-state index contributed by atoms with van der Waals surface area (Å²) in [5, 5.41) is 7.91. The minimum Gasteiger partial charge on any atom is -0.491 e. The van der Waals surface area contributed by atoms with Crippen molar-refractivity contribution in [3.63, 3.8) is 0 Å². The maximum atomic E-state index is 6.23.